The maximum Gasteiger partial charge on any atom is 0.394 e. The van der Waals surface area contributed by atoms with E-state index >= 15 is 0 Å². The number of imidazole rings is 1. The first kappa shape index (κ1) is 26.9. The largest absolute Gasteiger partial charge is 0.394 e. The molecular weight excluding hydrogens is 521 g/mol. The van der Waals surface area contributed by atoms with Gasteiger partial charge >= 0.3 is 12.2 Å². The van der Waals surface area contributed by atoms with E-state index in [0.29, 0.717) is 50.8 Å². The van der Waals surface area contributed by atoms with E-state index in [2.05, 4.69) is 15.3 Å². The molecule has 2 aliphatic heterocycles. The summed E-state index contributed by atoms with van der Waals surface area (Å²) in [7, 11) is 0. The molecular formula is C27H28F5N5O2. The number of pyridine rings is 1. The molecule has 0 aliphatic carbocycles. The predicted molar refractivity (Wildman–Crippen MR) is 133 cm³/mol. The average molecular weight is 550 g/mol. The van der Waals surface area contributed by atoms with Crippen LogP contribution in [0.3, 0.4) is 0 Å². The third kappa shape index (κ3) is 5.69. The molecule has 0 radical (unpaired) electrons. The van der Waals surface area contributed by atoms with Gasteiger partial charge in [0.1, 0.15) is 5.82 Å². The maximum atomic E-state index is 14.7. The highest BCUT2D eigenvalue weighted by molar-refractivity contribution is 5.75. The Morgan fingerprint density at radius 2 is 1.82 bits per heavy atom. The molecule has 0 spiro atoms. The molecule has 1 fully saturated rings. The van der Waals surface area contributed by atoms with Gasteiger partial charge in [-0.3, -0.25) is 4.79 Å². The number of benzene rings is 1. The third-order valence-corrected chi connectivity index (χ3v) is 7.48. The molecule has 12 heteroatoms. The second-order valence-electron chi connectivity index (χ2n) is 10.0. The fourth-order valence-corrected chi connectivity index (χ4v) is 5.57. The minimum atomic E-state index is -4.61. The average Bonchev–Trinajstić information content (AvgIpc) is 3.11. The van der Waals surface area contributed by atoms with Crippen LogP contribution in [-0.4, -0.2) is 44.7 Å². The second kappa shape index (κ2) is 10.8. The van der Waals surface area contributed by atoms with Crippen LogP contribution in [0.1, 0.15) is 61.1 Å². The molecule has 1 atom stereocenters. The number of hydrogen-bond donors (Lipinski definition) is 2. The van der Waals surface area contributed by atoms with Crippen molar-refractivity contribution in [2.75, 3.05) is 13.1 Å². The normalized spacial score (nSPS) is 18.5. The van der Waals surface area contributed by atoms with Gasteiger partial charge in [0.25, 0.3) is 5.56 Å². The number of nitrogens with one attached hydrogen (secondary N) is 2. The standard InChI is InChI=1S/C27H28F5N5O2/c28-19-7-3-5-18(22(19)29)23-21(15-27(30,31)32)37-12-2-1-8-20(24(37)35-23)34-26(39)36-13-9-16(10-14-36)17-6-4-11-33-25(17)38/h3-7,11,16,20H,1-2,8-10,12-15H2,(H,33,38)(H,34,39)/t20-/m1/s1. The molecule has 2 aromatic heterocycles. The lowest BCUT2D eigenvalue weighted by Crippen LogP contribution is -2.45. The van der Waals surface area contributed by atoms with E-state index < -0.39 is 30.3 Å². The summed E-state index contributed by atoms with van der Waals surface area (Å²) in [4.78, 5) is 34.0. The van der Waals surface area contributed by atoms with Crippen molar-refractivity contribution in [2.45, 2.75) is 63.2 Å². The highest BCUT2D eigenvalue weighted by atomic mass is 19.4. The van der Waals surface area contributed by atoms with Gasteiger partial charge in [0.2, 0.25) is 0 Å². The summed E-state index contributed by atoms with van der Waals surface area (Å²) in [6.07, 6.45) is -1.58. The molecule has 5 rings (SSSR count). The van der Waals surface area contributed by atoms with Crippen LogP contribution in [0.5, 0.6) is 0 Å². The topological polar surface area (TPSA) is 83.0 Å². The zero-order valence-electron chi connectivity index (χ0n) is 21.0. The van der Waals surface area contributed by atoms with Crippen molar-refractivity contribution < 1.29 is 26.7 Å². The smallest absolute Gasteiger partial charge is 0.329 e. The maximum absolute atomic E-state index is 14.7. The molecule has 0 saturated carbocycles. The third-order valence-electron chi connectivity index (χ3n) is 7.48. The Morgan fingerprint density at radius 3 is 2.54 bits per heavy atom. The Labute approximate surface area is 221 Å². The van der Waals surface area contributed by atoms with Gasteiger partial charge < -0.3 is 19.8 Å². The van der Waals surface area contributed by atoms with E-state index in [1.165, 1.54) is 16.7 Å². The fourth-order valence-electron chi connectivity index (χ4n) is 5.57. The van der Waals surface area contributed by atoms with Crippen molar-refractivity contribution in [1.82, 2.24) is 24.8 Å². The summed E-state index contributed by atoms with van der Waals surface area (Å²) in [5, 5.41) is 2.92. The fraction of sp³-hybridized carbons (Fsp3) is 0.444. The van der Waals surface area contributed by atoms with Gasteiger partial charge in [-0.05, 0) is 56.2 Å². The first-order valence-electron chi connectivity index (χ1n) is 13.0. The lowest BCUT2D eigenvalue weighted by Gasteiger charge is -2.33. The molecule has 3 aromatic rings. The van der Waals surface area contributed by atoms with Crippen LogP contribution in [0.15, 0.2) is 41.3 Å². The predicted octanol–water partition coefficient (Wildman–Crippen LogP) is 5.44. The zero-order chi connectivity index (χ0) is 27.7. The summed E-state index contributed by atoms with van der Waals surface area (Å²) in [5.41, 5.74) is -0.340. The van der Waals surface area contributed by atoms with Crippen molar-refractivity contribution in [2.24, 2.45) is 0 Å². The summed E-state index contributed by atoms with van der Waals surface area (Å²) in [5.74, 6) is -2.23. The van der Waals surface area contributed by atoms with Crippen LogP contribution >= 0.6 is 0 Å². The van der Waals surface area contributed by atoms with Gasteiger partial charge in [0.05, 0.1) is 23.9 Å². The van der Waals surface area contributed by atoms with E-state index in [9.17, 15) is 31.5 Å². The Bertz CT molecular complexity index is 1410. The molecule has 0 bridgehead atoms. The number of rotatable bonds is 4. The van der Waals surface area contributed by atoms with Crippen molar-refractivity contribution in [3.63, 3.8) is 0 Å². The molecule has 4 heterocycles. The van der Waals surface area contributed by atoms with Gasteiger partial charge in [-0.2, -0.15) is 13.2 Å². The lowest BCUT2D eigenvalue weighted by atomic mass is 9.90. The van der Waals surface area contributed by atoms with Gasteiger partial charge in [-0.15, -0.1) is 0 Å². The Morgan fingerprint density at radius 1 is 1.05 bits per heavy atom. The first-order chi connectivity index (χ1) is 18.6. The number of likely N-dealkylation sites (tertiary alicyclic amines) is 1. The Balaban J connectivity index is 1.40. The summed E-state index contributed by atoms with van der Waals surface area (Å²) in [6.45, 7) is 1.03. The zero-order valence-corrected chi connectivity index (χ0v) is 21.0. The van der Waals surface area contributed by atoms with E-state index in [0.717, 1.165) is 6.07 Å². The van der Waals surface area contributed by atoms with Crippen molar-refractivity contribution >= 4 is 6.03 Å². The molecule has 208 valence electrons. The molecule has 2 aliphatic rings. The van der Waals surface area contributed by atoms with E-state index in [-0.39, 0.29) is 46.8 Å². The number of aromatic nitrogens is 3. The summed E-state index contributed by atoms with van der Waals surface area (Å²) in [6, 6.07) is 5.78. The lowest BCUT2D eigenvalue weighted by molar-refractivity contribution is -0.128. The number of fused-ring (bicyclic) bond motifs is 1. The number of urea groups is 1. The van der Waals surface area contributed by atoms with Gasteiger partial charge in [-0.1, -0.05) is 12.1 Å². The van der Waals surface area contributed by atoms with Crippen LogP contribution < -0.4 is 10.9 Å². The number of aromatic amines is 1. The van der Waals surface area contributed by atoms with Crippen LogP contribution in [0.25, 0.3) is 11.3 Å². The minimum absolute atomic E-state index is 0.0180. The first-order valence-corrected chi connectivity index (χ1v) is 13.0. The summed E-state index contributed by atoms with van der Waals surface area (Å²) < 4.78 is 70.8. The number of carbonyl (C=O) groups excluding carboxylic acids is 1. The molecule has 7 nitrogen and oxygen atoms in total. The molecule has 39 heavy (non-hydrogen) atoms. The van der Waals surface area contributed by atoms with Crippen molar-refractivity contribution in [1.29, 1.82) is 0 Å². The Kier molecular flexibility index (Phi) is 7.46. The molecule has 1 aromatic carbocycles. The van der Waals surface area contributed by atoms with Crippen LogP contribution in [-0.2, 0) is 13.0 Å². The second-order valence-corrected chi connectivity index (χ2v) is 10.0. The number of alkyl halides is 3. The number of nitrogens with zero attached hydrogens (tertiary/aromatic N) is 3. The number of hydrogen-bond acceptors (Lipinski definition) is 3. The van der Waals surface area contributed by atoms with E-state index in [4.69, 9.17) is 0 Å². The number of piperidine rings is 1. The molecule has 1 saturated heterocycles. The molecule has 2 amide bonds. The van der Waals surface area contributed by atoms with Gasteiger partial charge in [0.15, 0.2) is 11.6 Å². The van der Waals surface area contributed by atoms with E-state index in [1.54, 1.807) is 23.2 Å². The summed E-state index contributed by atoms with van der Waals surface area (Å²) >= 11 is 0. The molecule has 2 N–H and O–H groups in total. The number of H-pyrrole nitrogens is 1. The number of amides is 2. The number of carbonyl (C=O) groups is 1. The number of halogens is 5. The van der Waals surface area contributed by atoms with Crippen LogP contribution in [0, 0.1) is 11.6 Å². The van der Waals surface area contributed by atoms with E-state index in [1.807, 2.05) is 0 Å². The minimum Gasteiger partial charge on any atom is -0.329 e. The Hall–Kier alpha value is -3.70. The van der Waals surface area contributed by atoms with Crippen LogP contribution in [0.4, 0.5) is 26.7 Å². The van der Waals surface area contributed by atoms with Crippen molar-refractivity contribution in [3.8, 4) is 11.3 Å². The van der Waals surface area contributed by atoms with Gasteiger partial charge in [-0.25, -0.2) is 18.6 Å². The highest BCUT2D eigenvalue weighted by Crippen LogP contribution is 2.36. The molecule has 0 unspecified atom stereocenters. The highest BCUT2D eigenvalue weighted by Gasteiger charge is 2.36. The monoisotopic (exact) mass is 549 g/mol. The van der Waals surface area contributed by atoms with Gasteiger partial charge in [0, 0.05) is 37.0 Å². The van der Waals surface area contributed by atoms with Crippen LogP contribution in [0.2, 0.25) is 0 Å². The quantitative estimate of drug-likeness (QED) is 0.426. The van der Waals surface area contributed by atoms with Crippen molar-refractivity contribution in [3.05, 3.63) is 75.6 Å². The SMILES string of the molecule is O=C(N[C@@H]1CCCCn2c1nc(-c1cccc(F)c1F)c2CC(F)(F)F)N1CCC(c2ccc[nH]c2=O)CC1.